The van der Waals surface area contributed by atoms with Gasteiger partial charge in [-0.15, -0.1) is 0 Å². The van der Waals surface area contributed by atoms with Crippen molar-refractivity contribution in [3.05, 3.63) is 69.7 Å². The highest BCUT2D eigenvalue weighted by molar-refractivity contribution is 6.35. The first-order valence-electron chi connectivity index (χ1n) is 6.35. The highest BCUT2D eigenvalue weighted by Gasteiger charge is 2.11. The van der Waals surface area contributed by atoms with Crippen LogP contribution in [0, 0.1) is 0 Å². The van der Waals surface area contributed by atoms with Gasteiger partial charge in [-0.05, 0) is 37.1 Å². The predicted octanol–water partition coefficient (Wildman–Crippen LogP) is 4.35. The van der Waals surface area contributed by atoms with Gasteiger partial charge in [0.25, 0.3) is 5.91 Å². The van der Waals surface area contributed by atoms with E-state index in [1.807, 2.05) is 37.3 Å². The van der Waals surface area contributed by atoms with Crippen molar-refractivity contribution in [3.63, 3.8) is 0 Å². The molecule has 0 heterocycles. The minimum absolute atomic E-state index is 0.0302. The summed E-state index contributed by atoms with van der Waals surface area (Å²) < 4.78 is 0. The number of hydrogen-bond donors (Lipinski definition) is 1. The first kappa shape index (κ1) is 14.9. The van der Waals surface area contributed by atoms with Gasteiger partial charge in [0.1, 0.15) is 0 Å². The number of amides is 1. The summed E-state index contributed by atoms with van der Waals surface area (Å²) in [5, 5.41) is 3.86. The van der Waals surface area contributed by atoms with Crippen LogP contribution in [0.1, 0.15) is 22.8 Å². The lowest BCUT2D eigenvalue weighted by Crippen LogP contribution is -2.34. The normalized spacial score (nSPS) is 11.9. The molecule has 4 heteroatoms. The average molecular weight is 308 g/mol. The molecule has 0 aliphatic heterocycles. The van der Waals surface area contributed by atoms with Crippen molar-refractivity contribution < 1.29 is 4.79 Å². The van der Waals surface area contributed by atoms with Gasteiger partial charge in [0.2, 0.25) is 0 Å². The molecule has 1 amide bonds. The van der Waals surface area contributed by atoms with Crippen molar-refractivity contribution >= 4 is 29.1 Å². The molecule has 20 heavy (non-hydrogen) atoms. The van der Waals surface area contributed by atoms with Gasteiger partial charge in [-0.25, -0.2) is 0 Å². The van der Waals surface area contributed by atoms with E-state index in [1.165, 1.54) is 5.56 Å². The molecule has 0 bridgehead atoms. The van der Waals surface area contributed by atoms with E-state index in [-0.39, 0.29) is 11.9 Å². The molecule has 1 atom stereocenters. The van der Waals surface area contributed by atoms with E-state index in [0.717, 1.165) is 6.42 Å². The molecule has 2 aromatic rings. The van der Waals surface area contributed by atoms with E-state index in [1.54, 1.807) is 18.2 Å². The molecule has 2 nitrogen and oxygen atoms in total. The Bertz CT molecular complexity index is 578. The van der Waals surface area contributed by atoms with Gasteiger partial charge in [-0.3, -0.25) is 4.79 Å². The Morgan fingerprint density at radius 1 is 1.10 bits per heavy atom. The van der Waals surface area contributed by atoms with Crippen LogP contribution in [-0.4, -0.2) is 11.9 Å². The third kappa shape index (κ3) is 4.26. The number of rotatable bonds is 4. The van der Waals surface area contributed by atoms with Crippen molar-refractivity contribution in [2.24, 2.45) is 0 Å². The van der Waals surface area contributed by atoms with Crippen molar-refractivity contribution in [3.8, 4) is 0 Å². The second kappa shape index (κ2) is 6.78. The van der Waals surface area contributed by atoms with Gasteiger partial charge in [0.05, 0.1) is 0 Å². The van der Waals surface area contributed by atoms with E-state index in [4.69, 9.17) is 23.2 Å². The summed E-state index contributed by atoms with van der Waals surface area (Å²) in [5.41, 5.74) is 1.66. The number of nitrogens with one attached hydrogen (secondary N) is 1. The van der Waals surface area contributed by atoms with Gasteiger partial charge < -0.3 is 5.32 Å². The summed E-state index contributed by atoms with van der Waals surface area (Å²) in [6.07, 6.45) is 0.779. The van der Waals surface area contributed by atoms with Crippen molar-refractivity contribution in [2.75, 3.05) is 0 Å². The smallest absolute Gasteiger partial charge is 0.251 e. The molecule has 0 saturated carbocycles. The van der Waals surface area contributed by atoms with Gasteiger partial charge in [0.15, 0.2) is 0 Å². The molecule has 1 unspecified atom stereocenters. The molecule has 0 fully saturated rings. The molecule has 0 aliphatic carbocycles. The van der Waals surface area contributed by atoms with E-state index in [0.29, 0.717) is 15.6 Å². The molecule has 1 N–H and O–H groups in total. The van der Waals surface area contributed by atoms with E-state index in [2.05, 4.69) is 5.32 Å². The molecular formula is C16H15Cl2NO. The number of carbonyl (C=O) groups excluding carboxylic acids is 1. The Hall–Kier alpha value is -1.51. The third-order valence-corrected chi connectivity index (χ3v) is 3.32. The number of halogens is 2. The Balaban J connectivity index is 2.00. The molecule has 0 saturated heterocycles. The Kier molecular flexibility index (Phi) is 5.05. The van der Waals surface area contributed by atoms with Crippen LogP contribution in [0.25, 0.3) is 0 Å². The first-order valence-corrected chi connectivity index (χ1v) is 7.11. The molecule has 0 spiro atoms. The van der Waals surface area contributed by atoms with Crippen LogP contribution in [0.3, 0.4) is 0 Å². The van der Waals surface area contributed by atoms with Crippen molar-refractivity contribution in [2.45, 2.75) is 19.4 Å². The van der Waals surface area contributed by atoms with Gasteiger partial charge in [-0.1, -0.05) is 53.5 Å². The van der Waals surface area contributed by atoms with E-state index in [9.17, 15) is 4.79 Å². The van der Waals surface area contributed by atoms with E-state index >= 15 is 0 Å². The minimum Gasteiger partial charge on any atom is -0.349 e. The van der Waals surface area contributed by atoms with Crippen LogP contribution < -0.4 is 5.32 Å². The predicted molar refractivity (Wildman–Crippen MR) is 83.5 cm³/mol. The lowest BCUT2D eigenvalue weighted by Gasteiger charge is -2.14. The van der Waals surface area contributed by atoms with Gasteiger partial charge in [-0.2, -0.15) is 0 Å². The van der Waals surface area contributed by atoms with Crippen molar-refractivity contribution in [1.29, 1.82) is 0 Å². The fourth-order valence-electron chi connectivity index (χ4n) is 2.01. The number of carbonyl (C=O) groups is 1. The second-order valence-electron chi connectivity index (χ2n) is 4.72. The maximum Gasteiger partial charge on any atom is 0.251 e. The summed E-state index contributed by atoms with van der Waals surface area (Å²) in [7, 11) is 0. The summed E-state index contributed by atoms with van der Waals surface area (Å²) in [6, 6.07) is 14.9. The van der Waals surface area contributed by atoms with E-state index < -0.39 is 0 Å². The molecule has 0 aromatic heterocycles. The highest BCUT2D eigenvalue weighted by Crippen LogP contribution is 2.19. The quantitative estimate of drug-likeness (QED) is 0.893. The largest absolute Gasteiger partial charge is 0.349 e. The lowest BCUT2D eigenvalue weighted by molar-refractivity contribution is 0.0940. The minimum atomic E-state index is -0.169. The molecular weight excluding hydrogens is 293 g/mol. The van der Waals surface area contributed by atoms with Crippen LogP contribution in [0.4, 0.5) is 0 Å². The van der Waals surface area contributed by atoms with Crippen LogP contribution in [0.5, 0.6) is 0 Å². The van der Waals surface area contributed by atoms with Crippen LogP contribution in [0.15, 0.2) is 48.5 Å². The lowest BCUT2D eigenvalue weighted by atomic mass is 10.1. The van der Waals surface area contributed by atoms with Crippen molar-refractivity contribution in [1.82, 2.24) is 5.32 Å². The maximum atomic E-state index is 12.1. The Labute approximate surface area is 128 Å². The topological polar surface area (TPSA) is 29.1 Å². The first-order chi connectivity index (χ1) is 9.54. The standard InChI is InChI=1S/C16H15Cl2NO/c1-11(7-12-5-3-2-4-6-12)19-16(20)13-8-14(17)10-15(18)9-13/h2-6,8-11H,7H2,1H3,(H,19,20). The average Bonchev–Trinajstić information content (AvgIpc) is 2.38. The Morgan fingerprint density at radius 3 is 2.30 bits per heavy atom. The fourth-order valence-corrected chi connectivity index (χ4v) is 2.54. The number of benzene rings is 2. The zero-order valence-corrected chi connectivity index (χ0v) is 12.6. The van der Waals surface area contributed by atoms with Crippen LogP contribution >= 0.6 is 23.2 Å². The molecule has 0 aliphatic rings. The monoisotopic (exact) mass is 307 g/mol. The summed E-state index contributed by atoms with van der Waals surface area (Å²) >= 11 is 11.8. The third-order valence-electron chi connectivity index (χ3n) is 2.89. The molecule has 2 aromatic carbocycles. The molecule has 0 radical (unpaired) electrons. The zero-order valence-electron chi connectivity index (χ0n) is 11.1. The second-order valence-corrected chi connectivity index (χ2v) is 5.60. The molecule has 104 valence electrons. The Morgan fingerprint density at radius 2 is 1.70 bits per heavy atom. The van der Waals surface area contributed by atoms with Gasteiger partial charge in [0, 0.05) is 21.7 Å². The summed E-state index contributed by atoms with van der Waals surface area (Å²) in [6.45, 7) is 1.97. The zero-order chi connectivity index (χ0) is 14.5. The van der Waals surface area contributed by atoms with Crippen LogP contribution in [-0.2, 0) is 6.42 Å². The number of hydrogen-bond acceptors (Lipinski definition) is 1. The summed E-state index contributed by atoms with van der Waals surface area (Å²) in [5.74, 6) is -0.169. The summed E-state index contributed by atoms with van der Waals surface area (Å²) in [4.78, 5) is 12.1. The highest BCUT2D eigenvalue weighted by atomic mass is 35.5. The fraction of sp³-hybridized carbons (Fsp3) is 0.188. The molecule has 2 rings (SSSR count). The van der Waals surface area contributed by atoms with Crippen LogP contribution in [0.2, 0.25) is 10.0 Å². The SMILES string of the molecule is CC(Cc1ccccc1)NC(=O)c1cc(Cl)cc(Cl)c1. The van der Waals surface area contributed by atoms with Gasteiger partial charge >= 0.3 is 0 Å². The maximum absolute atomic E-state index is 12.1.